The van der Waals surface area contributed by atoms with Crippen molar-refractivity contribution in [1.29, 1.82) is 0 Å². The largest absolute Gasteiger partial charge is 0.350 e. The normalized spacial score (nSPS) is 14.4. The first-order chi connectivity index (χ1) is 9.74. The molecule has 0 aliphatic heterocycles. The number of hydrogen-bond donors (Lipinski definition) is 2. The third kappa shape index (κ3) is 4.43. The minimum absolute atomic E-state index is 0. The molecule has 0 aromatic carbocycles. The zero-order chi connectivity index (χ0) is 13.9. The van der Waals surface area contributed by atoms with E-state index in [9.17, 15) is 4.79 Å². The number of nitrogens with zero attached hydrogens (tertiary/aromatic N) is 3. The second-order valence-corrected chi connectivity index (χ2v) is 5.09. The molecule has 22 heavy (non-hydrogen) atoms. The van der Waals surface area contributed by atoms with Gasteiger partial charge in [0.15, 0.2) is 0 Å². The maximum atomic E-state index is 12.0. The Morgan fingerprint density at radius 3 is 2.73 bits per heavy atom. The molecule has 2 aromatic heterocycles. The first-order valence-corrected chi connectivity index (χ1v) is 6.72. The van der Waals surface area contributed by atoms with Crippen LogP contribution in [0.4, 0.5) is 0 Å². The monoisotopic (exact) mass is 343 g/mol. The second-order valence-electron chi connectivity index (χ2n) is 5.09. The van der Waals surface area contributed by atoms with Crippen LogP contribution in [0.3, 0.4) is 0 Å². The highest BCUT2D eigenvalue weighted by atomic mass is 35.5. The molecule has 120 valence electrons. The molecule has 0 bridgehead atoms. The zero-order valence-electron chi connectivity index (χ0n) is 11.9. The topological polar surface area (TPSA) is 85.8 Å². The number of carbonyl (C=O) groups excluding carboxylic acids is 1. The van der Waals surface area contributed by atoms with E-state index in [1.807, 2.05) is 0 Å². The summed E-state index contributed by atoms with van der Waals surface area (Å²) in [6, 6.07) is 3.61. The predicted molar refractivity (Wildman–Crippen MR) is 88.9 cm³/mol. The summed E-state index contributed by atoms with van der Waals surface area (Å²) in [5.41, 5.74) is 6.49. The molecule has 1 atom stereocenters. The number of rotatable bonds is 5. The van der Waals surface area contributed by atoms with Gasteiger partial charge in [-0.1, -0.05) is 0 Å². The lowest BCUT2D eigenvalue weighted by Crippen LogP contribution is -2.38. The van der Waals surface area contributed by atoms with Crippen LogP contribution in [0, 0.1) is 5.92 Å². The smallest absolute Gasteiger partial charge is 0.252 e. The van der Waals surface area contributed by atoms with Crippen LogP contribution in [-0.4, -0.2) is 33.0 Å². The molecule has 2 heterocycles. The molecule has 1 amide bonds. The molecule has 1 unspecified atom stereocenters. The van der Waals surface area contributed by atoms with Gasteiger partial charge >= 0.3 is 0 Å². The van der Waals surface area contributed by atoms with E-state index in [4.69, 9.17) is 5.73 Å². The molecule has 2 aromatic rings. The Bertz CT molecular complexity index is 584. The maximum absolute atomic E-state index is 12.0. The Morgan fingerprint density at radius 1 is 1.41 bits per heavy atom. The molecular formula is C14H19Cl2N5O. The van der Waals surface area contributed by atoms with Gasteiger partial charge in [0, 0.05) is 31.2 Å². The van der Waals surface area contributed by atoms with E-state index in [-0.39, 0.29) is 36.8 Å². The van der Waals surface area contributed by atoms with Gasteiger partial charge in [-0.25, -0.2) is 9.97 Å². The van der Waals surface area contributed by atoms with Crippen molar-refractivity contribution in [2.75, 3.05) is 6.54 Å². The number of imidazole rings is 1. The Balaban J connectivity index is 0.00000121. The number of pyridine rings is 1. The van der Waals surface area contributed by atoms with Crippen molar-refractivity contribution < 1.29 is 4.79 Å². The summed E-state index contributed by atoms with van der Waals surface area (Å²) in [6.07, 6.45) is 9.07. The van der Waals surface area contributed by atoms with Gasteiger partial charge in [-0.05, 0) is 30.9 Å². The number of carbonyl (C=O) groups is 1. The minimum Gasteiger partial charge on any atom is -0.350 e. The lowest BCUT2D eigenvalue weighted by atomic mass is 10.2. The first-order valence-electron chi connectivity index (χ1n) is 6.72. The number of nitrogens with one attached hydrogen (secondary N) is 1. The lowest BCUT2D eigenvalue weighted by molar-refractivity contribution is 0.0950. The van der Waals surface area contributed by atoms with Crippen LogP contribution in [0.5, 0.6) is 0 Å². The van der Waals surface area contributed by atoms with Crippen LogP contribution in [0.15, 0.2) is 37.1 Å². The van der Waals surface area contributed by atoms with E-state index in [0.717, 1.165) is 5.82 Å². The number of amides is 1. The zero-order valence-corrected chi connectivity index (χ0v) is 13.5. The van der Waals surface area contributed by atoms with Gasteiger partial charge in [0.1, 0.15) is 12.1 Å². The molecule has 0 spiro atoms. The van der Waals surface area contributed by atoms with Crippen molar-refractivity contribution in [3.05, 3.63) is 42.6 Å². The van der Waals surface area contributed by atoms with Crippen LogP contribution >= 0.6 is 24.8 Å². The summed E-state index contributed by atoms with van der Waals surface area (Å²) in [7, 11) is 0. The van der Waals surface area contributed by atoms with E-state index < -0.39 is 0 Å². The van der Waals surface area contributed by atoms with Crippen molar-refractivity contribution in [1.82, 2.24) is 19.9 Å². The Labute approximate surface area is 141 Å². The summed E-state index contributed by atoms with van der Waals surface area (Å²) in [5, 5.41) is 2.85. The van der Waals surface area contributed by atoms with Crippen LogP contribution in [0.1, 0.15) is 23.2 Å². The van der Waals surface area contributed by atoms with Gasteiger partial charge in [-0.15, -0.1) is 24.8 Å². The highest BCUT2D eigenvalue weighted by Gasteiger charge is 2.28. The highest BCUT2D eigenvalue weighted by Crippen LogP contribution is 2.31. The van der Waals surface area contributed by atoms with Gasteiger partial charge in [-0.3, -0.25) is 9.36 Å². The molecule has 1 saturated carbocycles. The third-order valence-electron chi connectivity index (χ3n) is 3.50. The average molecular weight is 344 g/mol. The van der Waals surface area contributed by atoms with E-state index in [1.165, 1.54) is 12.8 Å². The van der Waals surface area contributed by atoms with Gasteiger partial charge in [0.05, 0.1) is 5.56 Å². The SMILES string of the molecule is Cl.Cl.NC(CNC(=O)c1ccc(-n2ccnc2)nc1)C1CC1. The quantitative estimate of drug-likeness (QED) is 0.862. The molecule has 1 aliphatic rings. The third-order valence-corrected chi connectivity index (χ3v) is 3.50. The lowest BCUT2D eigenvalue weighted by Gasteiger charge is -2.11. The van der Waals surface area contributed by atoms with Gasteiger partial charge < -0.3 is 11.1 Å². The number of aromatic nitrogens is 3. The molecule has 8 heteroatoms. The molecule has 3 rings (SSSR count). The van der Waals surface area contributed by atoms with Gasteiger partial charge in [0.2, 0.25) is 0 Å². The molecule has 0 saturated heterocycles. The fourth-order valence-corrected chi connectivity index (χ4v) is 2.07. The summed E-state index contributed by atoms with van der Waals surface area (Å²) < 4.78 is 1.78. The van der Waals surface area contributed by atoms with Crippen LogP contribution in [0.25, 0.3) is 5.82 Å². The Hall–Kier alpha value is -1.63. The average Bonchev–Trinajstić information content (AvgIpc) is 3.19. The fraction of sp³-hybridized carbons (Fsp3) is 0.357. The van der Waals surface area contributed by atoms with Gasteiger partial charge in [-0.2, -0.15) is 0 Å². The van der Waals surface area contributed by atoms with Crippen LogP contribution in [0.2, 0.25) is 0 Å². The number of nitrogens with two attached hydrogens (primary N) is 1. The standard InChI is InChI=1S/C14H17N5O.2ClH/c15-12(10-1-2-10)8-18-14(20)11-3-4-13(17-7-11)19-6-5-16-9-19;;/h3-7,9-10,12H,1-2,8,15H2,(H,18,20);2*1H. The number of hydrogen-bond acceptors (Lipinski definition) is 4. The summed E-state index contributed by atoms with van der Waals surface area (Å²) in [6.45, 7) is 0.521. The van der Waals surface area contributed by atoms with E-state index in [1.54, 1.807) is 41.6 Å². The Morgan fingerprint density at radius 2 is 2.18 bits per heavy atom. The molecule has 1 aliphatic carbocycles. The van der Waals surface area contributed by atoms with E-state index in [2.05, 4.69) is 15.3 Å². The van der Waals surface area contributed by atoms with Crippen molar-refractivity contribution in [2.45, 2.75) is 18.9 Å². The predicted octanol–water partition coefficient (Wildman–Crippen LogP) is 1.58. The van der Waals surface area contributed by atoms with E-state index >= 15 is 0 Å². The van der Waals surface area contributed by atoms with Crippen molar-refractivity contribution in [2.24, 2.45) is 11.7 Å². The summed E-state index contributed by atoms with van der Waals surface area (Å²) >= 11 is 0. The second kappa shape index (κ2) is 8.12. The van der Waals surface area contributed by atoms with Crippen LogP contribution < -0.4 is 11.1 Å². The highest BCUT2D eigenvalue weighted by molar-refractivity contribution is 5.93. The van der Waals surface area contributed by atoms with Crippen LogP contribution in [-0.2, 0) is 0 Å². The minimum atomic E-state index is -0.134. The van der Waals surface area contributed by atoms with Crippen molar-refractivity contribution in [3.63, 3.8) is 0 Å². The first kappa shape index (κ1) is 18.4. The van der Waals surface area contributed by atoms with Gasteiger partial charge in [0.25, 0.3) is 5.91 Å². The molecule has 6 nitrogen and oxygen atoms in total. The van der Waals surface area contributed by atoms with Crippen molar-refractivity contribution in [3.8, 4) is 5.82 Å². The van der Waals surface area contributed by atoms with E-state index in [0.29, 0.717) is 18.0 Å². The maximum Gasteiger partial charge on any atom is 0.252 e. The molecule has 3 N–H and O–H groups in total. The summed E-state index contributed by atoms with van der Waals surface area (Å²) in [5.74, 6) is 1.18. The molecule has 1 fully saturated rings. The number of halogens is 2. The molecule has 0 radical (unpaired) electrons. The van der Waals surface area contributed by atoms with Crippen molar-refractivity contribution >= 4 is 30.7 Å². The summed E-state index contributed by atoms with van der Waals surface area (Å²) in [4.78, 5) is 20.2. The fourth-order valence-electron chi connectivity index (χ4n) is 2.07. The Kier molecular flexibility index (Phi) is 6.80. The molecular weight excluding hydrogens is 325 g/mol.